The van der Waals surface area contributed by atoms with Crippen LogP contribution in [0.1, 0.15) is 0 Å². The number of halogens is 3. The van der Waals surface area contributed by atoms with Crippen molar-refractivity contribution in [3.63, 3.8) is 0 Å². The van der Waals surface area contributed by atoms with Gasteiger partial charge in [0, 0.05) is 0 Å². The first-order valence-electron chi connectivity index (χ1n) is 0. The maximum atomic E-state index is 0. The standard InChI is InChI=1S/ClH.2FH.Li.2Na/h3*1H;;;/q;;;3*+1/p-3. The van der Waals surface area contributed by atoms with E-state index in [0.717, 1.165) is 0 Å². The van der Waals surface area contributed by atoms with Gasteiger partial charge in [0.2, 0.25) is 0 Å². The molecular weight excluding hydrogens is 126 g/mol. The van der Waals surface area contributed by atoms with E-state index in [9.17, 15) is 0 Å². The Hall–Kier alpha value is 2.75. The van der Waals surface area contributed by atoms with Crippen LogP contribution in [0.5, 0.6) is 0 Å². The third-order valence-corrected chi connectivity index (χ3v) is 0. The first-order chi connectivity index (χ1) is 0. The first kappa shape index (κ1) is 69.6. The summed E-state index contributed by atoms with van der Waals surface area (Å²) in [6.45, 7) is 0. The second kappa shape index (κ2) is 46.7. The molecule has 0 fully saturated rings. The van der Waals surface area contributed by atoms with Gasteiger partial charge in [-0.2, -0.15) is 0 Å². The second-order valence-electron chi connectivity index (χ2n) is 0. The van der Waals surface area contributed by atoms with Crippen molar-refractivity contribution >= 4 is 0 Å². The maximum Gasteiger partial charge on any atom is 1.00 e. The van der Waals surface area contributed by atoms with Crippen molar-refractivity contribution < 1.29 is 99.8 Å². The fraction of sp³-hybridized carbons (Fsp3) is 0. The Morgan fingerprint density at radius 2 is 0.667 bits per heavy atom. The molecule has 0 aliphatic carbocycles. The van der Waals surface area contributed by atoms with Crippen LogP contribution in [-0.2, 0) is 0 Å². The maximum absolute atomic E-state index is 0. The van der Waals surface area contributed by atoms with Crippen molar-refractivity contribution in [2.75, 3.05) is 0 Å². The normalized spacial score (nSPS) is 0. The Kier molecular flexibility index (Phi) is 542. The van der Waals surface area contributed by atoms with Crippen molar-refractivity contribution in [1.29, 1.82) is 0 Å². The average Bonchev–Trinajstić information content (AvgIpc) is 0. The first-order valence-corrected chi connectivity index (χ1v) is 0. The van der Waals surface area contributed by atoms with Crippen molar-refractivity contribution in [1.82, 2.24) is 0 Å². The molecule has 0 N–H and O–H groups in total. The zero-order chi connectivity index (χ0) is 0. The topological polar surface area (TPSA) is 0 Å². The molecule has 0 saturated carbocycles. The average molecular weight is 126 g/mol. The SMILES string of the molecule is [Cl-].[F-].[F-].[Li+].[Na+].[Na+]. The van der Waals surface area contributed by atoms with Crippen LogP contribution in [0.15, 0.2) is 0 Å². The monoisotopic (exact) mass is 126 g/mol. The summed E-state index contributed by atoms with van der Waals surface area (Å²) in [5.74, 6) is 0. The molecule has 0 radical (unpaired) electrons. The van der Waals surface area contributed by atoms with E-state index in [1.54, 1.807) is 0 Å². The van der Waals surface area contributed by atoms with Crippen molar-refractivity contribution in [3.05, 3.63) is 0 Å². The van der Waals surface area contributed by atoms with Crippen LogP contribution in [0, 0.1) is 0 Å². The predicted octanol–water partition coefficient (Wildman–Crippen LogP) is -18.0. The number of hydrogen-bond donors (Lipinski definition) is 0. The summed E-state index contributed by atoms with van der Waals surface area (Å²) in [7, 11) is 0. The van der Waals surface area contributed by atoms with Gasteiger partial charge in [-0.3, -0.25) is 0 Å². The van der Waals surface area contributed by atoms with Gasteiger partial charge in [0.25, 0.3) is 0 Å². The summed E-state index contributed by atoms with van der Waals surface area (Å²) >= 11 is 0. The third kappa shape index (κ3) is 29.5. The molecule has 0 rings (SSSR count). The van der Waals surface area contributed by atoms with E-state index in [1.165, 1.54) is 0 Å². The van der Waals surface area contributed by atoms with Crippen LogP contribution < -0.4 is 99.8 Å². The van der Waals surface area contributed by atoms with Crippen LogP contribution in [0.25, 0.3) is 0 Å². The molecule has 0 nitrogen and oxygen atoms in total. The molecule has 0 unspecified atom stereocenters. The summed E-state index contributed by atoms with van der Waals surface area (Å²) in [4.78, 5) is 0. The quantitative estimate of drug-likeness (QED) is 0.283. The molecule has 0 saturated heterocycles. The van der Waals surface area contributed by atoms with Gasteiger partial charge >= 0.3 is 78.0 Å². The van der Waals surface area contributed by atoms with Gasteiger partial charge in [-0.25, -0.2) is 0 Å². The van der Waals surface area contributed by atoms with Crippen LogP contribution in [0.4, 0.5) is 0 Å². The summed E-state index contributed by atoms with van der Waals surface area (Å²) in [6.07, 6.45) is 0. The smallest absolute Gasteiger partial charge is 1.00 e. The zero-order valence-corrected chi connectivity index (χ0v) is 8.89. The summed E-state index contributed by atoms with van der Waals surface area (Å²) in [6, 6.07) is 0. The minimum absolute atomic E-state index is 0. The minimum Gasteiger partial charge on any atom is -1.00 e. The Morgan fingerprint density at radius 3 is 0.667 bits per heavy atom. The molecule has 0 aliphatic heterocycles. The molecule has 0 aromatic rings. The van der Waals surface area contributed by atoms with Gasteiger partial charge in [0.15, 0.2) is 0 Å². The molecule has 24 valence electrons. The van der Waals surface area contributed by atoms with E-state index in [1.807, 2.05) is 0 Å². The van der Waals surface area contributed by atoms with E-state index >= 15 is 0 Å². The third-order valence-electron chi connectivity index (χ3n) is 0. The molecule has 0 bridgehead atoms. The van der Waals surface area contributed by atoms with E-state index in [-0.39, 0.29) is 99.8 Å². The van der Waals surface area contributed by atoms with Crippen molar-refractivity contribution in [2.24, 2.45) is 0 Å². The molecule has 0 aromatic heterocycles. The number of hydrogen-bond acceptors (Lipinski definition) is 0. The van der Waals surface area contributed by atoms with Gasteiger partial charge in [0.05, 0.1) is 0 Å². The molecule has 6 heavy (non-hydrogen) atoms. The fourth-order valence-electron chi connectivity index (χ4n) is 0. The zero-order valence-electron chi connectivity index (χ0n) is 4.13. The van der Waals surface area contributed by atoms with Gasteiger partial charge in [0.1, 0.15) is 0 Å². The van der Waals surface area contributed by atoms with E-state index in [4.69, 9.17) is 0 Å². The molecule has 0 spiro atoms. The summed E-state index contributed by atoms with van der Waals surface area (Å²) in [5, 5.41) is 0. The molecule has 0 atom stereocenters. The number of rotatable bonds is 0. The van der Waals surface area contributed by atoms with Crippen molar-refractivity contribution in [3.8, 4) is 0 Å². The van der Waals surface area contributed by atoms with Crippen LogP contribution >= 0.6 is 0 Å². The van der Waals surface area contributed by atoms with E-state index in [2.05, 4.69) is 0 Å². The molecule has 0 amide bonds. The summed E-state index contributed by atoms with van der Waals surface area (Å²) < 4.78 is 0. The Morgan fingerprint density at radius 1 is 0.667 bits per heavy atom. The molecule has 0 aliphatic rings. The molecule has 6 heteroatoms. The van der Waals surface area contributed by atoms with E-state index in [0.29, 0.717) is 0 Å². The van der Waals surface area contributed by atoms with E-state index < -0.39 is 0 Å². The van der Waals surface area contributed by atoms with Gasteiger partial charge in [-0.1, -0.05) is 0 Å². The van der Waals surface area contributed by atoms with Crippen LogP contribution in [0.3, 0.4) is 0 Å². The van der Waals surface area contributed by atoms with Crippen LogP contribution in [-0.4, -0.2) is 0 Å². The molecule has 0 aromatic carbocycles. The van der Waals surface area contributed by atoms with Gasteiger partial charge in [-0.05, 0) is 0 Å². The Balaban J connectivity index is 0. The molecular formula is ClF2LiNa2. The minimum atomic E-state index is 0. The van der Waals surface area contributed by atoms with Gasteiger partial charge < -0.3 is 21.8 Å². The van der Waals surface area contributed by atoms with Crippen molar-refractivity contribution in [2.45, 2.75) is 0 Å². The summed E-state index contributed by atoms with van der Waals surface area (Å²) in [5.41, 5.74) is 0. The van der Waals surface area contributed by atoms with Gasteiger partial charge in [-0.15, -0.1) is 0 Å². The Bertz CT molecular complexity index is 11.5. The fourth-order valence-corrected chi connectivity index (χ4v) is 0. The van der Waals surface area contributed by atoms with Crippen LogP contribution in [0.2, 0.25) is 0 Å². The second-order valence-corrected chi connectivity index (χ2v) is 0. The Labute approximate surface area is 98.1 Å². The predicted molar refractivity (Wildman–Crippen MR) is 0 cm³/mol. The largest absolute Gasteiger partial charge is 1.00 e. The molecule has 0 heterocycles.